The van der Waals surface area contributed by atoms with Crippen LogP contribution < -0.4 is 10.7 Å². The fourth-order valence-corrected chi connectivity index (χ4v) is 1.48. The summed E-state index contributed by atoms with van der Waals surface area (Å²) in [5.41, 5.74) is 3.93. The average Bonchev–Trinajstić information content (AvgIpc) is 2.39. The van der Waals surface area contributed by atoms with Crippen LogP contribution in [0.1, 0.15) is 32.8 Å². The fourth-order valence-electron chi connectivity index (χ4n) is 1.48. The average molecular weight is 261 g/mol. The molecule has 0 aliphatic carbocycles. The third-order valence-corrected chi connectivity index (χ3v) is 2.36. The zero-order valence-corrected chi connectivity index (χ0v) is 11.4. The molecule has 0 unspecified atom stereocenters. The van der Waals surface area contributed by atoms with E-state index in [0.717, 1.165) is 11.3 Å². The predicted molar refractivity (Wildman–Crippen MR) is 74.7 cm³/mol. The van der Waals surface area contributed by atoms with Crippen molar-refractivity contribution in [2.45, 2.75) is 33.2 Å². The van der Waals surface area contributed by atoms with E-state index in [1.165, 1.54) is 0 Å². The molecule has 0 saturated heterocycles. The number of hydrazone groups is 1. The number of benzene rings is 1. The highest BCUT2D eigenvalue weighted by Crippen LogP contribution is 2.03. The number of amides is 2. The molecule has 0 fully saturated rings. The van der Waals surface area contributed by atoms with E-state index < -0.39 is 11.8 Å². The first-order valence-corrected chi connectivity index (χ1v) is 6.27. The van der Waals surface area contributed by atoms with Gasteiger partial charge in [-0.05, 0) is 25.8 Å². The fraction of sp³-hybridized carbons (Fsp3) is 0.357. The van der Waals surface area contributed by atoms with Crippen LogP contribution in [0.4, 0.5) is 0 Å². The van der Waals surface area contributed by atoms with E-state index in [0.29, 0.717) is 6.42 Å². The molecule has 0 bridgehead atoms. The maximum atomic E-state index is 11.5. The first-order chi connectivity index (χ1) is 9.04. The molecular weight excluding hydrogens is 242 g/mol. The molecule has 0 aliphatic rings. The van der Waals surface area contributed by atoms with Gasteiger partial charge in [-0.15, -0.1) is 0 Å². The van der Waals surface area contributed by atoms with Crippen molar-refractivity contribution in [1.82, 2.24) is 10.7 Å². The lowest BCUT2D eigenvalue weighted by Gasteiger charge is -2.07. The van der Waals surface area contributed by atoms with Gasteiger partial charge in [0.2, 0.25) is 0 Å². The lowest BCUT2D eigenvalue weighted by atomic mass is 10.1. The summed E-state index contributed by atoms with van der Waals surface area (Å²) in [6.45, 7) is 5.51. The largest absolute Gasteiger partial charge is 0.346 e. The summed E-state index contributed by atoms with van der Waals surface area (Å²) in [5.74, 6) is -1.43. The Morgan fingerprint density at radius 3 is 2.32 bits per heavy atom. The highest BCUT2D eigenvalue weighted by atomic mass is 16.2. The van der Waals surface area contributed by atoms with Gasteiger partial charge in [0.05, 0.1) is 5.71 Å². The van der Waals surface area contributed by atoms with Crippen LogP contribution in [0.3, 0.4) is 0 Å². The zero-order chi connectivity index (χ0) is 14.3. The Morgan fingerprint density at radius 1 is 1.16 bits per heavy atom. The molecule has 0 aromatic heterocycles. The number of hydrogen-bond acceptors (Lipinski definition) is 3. The van der Waals surface area contributed by atoms with E-state index in [-0.39, 0.29) is 6.04 Å². The van der Waals surface area contributed by atoms with Gasteiger partial charge >= 0.3 is 11.8 Å². The third kappa shape index (κ3) is 4.91. The second-order valence-corrected chi connectivity index (χ2v) is 4.35. The molecule has 5 heteroatoms. The quantitative estimate of drug-likeness (QED) is 0.489. The van der Waals surface area contributed by atoms with Crippen LogP contribution in [0, 0.1) is 0 Å². The Bertz CT molecular complexity index is 467. The molecule has 0 spiro atoms. The van der Waals surface area contributed by atoms with Gasteiger partial charge in [-0.2, -0.15) is 5.10 Å². The van der Waals surface area contributed by atoms with E-state index >= 15 is 0 Å². The molecule has 0 radical (unpaired) electrons. The topological polar surface area (TPSA) is 70.6 Å². The van der Waals surface area contributed by atoms with E-state index in [1.807, 2.05) is 37.3 Å². The van der Waals surface area contributed by atoms with E-state index in [1.54, 1.807) is 13.8 Å². The lowest BCUT2D eigenvalue weighted by Crippen LogP contribution is -2.41. The molecule has 0 atom stereocenters. The summed E-state index contributed by atoms with van der Waals surface area (Å²) >= 11 is 0. The molecule has 0 heterocycles. The van der Waals surface area contributed by atoms with E-state index in [2.05, 4.69) is 15.8 Å². The second-order valence-electron chi connectivity index (χ2n) is 4.35. The molecule has 102 valence electrons. The van der Waals surface area contributed by atoms with Crippen LogP contribution in [0.2, 0.25) is 0 Å². The van der Waals surface area contributed by atoms with Gasteiger partial charge in [0.1, 0.15) is 0 Å². The van der Waals surface area contributed by atoms with Crippen molar-refractivity contribution in [1.29, 1.82) is 0 Å². The standard InChI is InChI=1S/C14H19N3O2/c1-4-12(11-8-6-5-7-9-11)16-17-14(19)13(18)15-10(2)3/h5-10H,4H2,1-3H3,(H,15,18)(H,17,19)/b16-12-. The second kappa shape index (κ2) is 7.31. The van der Waals surface area contributed by atoms with Crippen LogP contribution >= 0.6 is 0 Å². The molecule has 0 saturated carbocycles. The van der Waals surface area contributed by atoms with Gasteiger partial charge in [-0.1, -0.05) is 37.3 Å². The molecule has 1 aromatic rings. The van der Waals surface area contributed by atoms with Gasteiger partial charge < -0.3 is 5.32 Å². The molecule has 0 aliphatic heterocycles. The third-order valence-electron chi connectivity index (χ3n) is 2.36. The van der Waals surface area contributed by atoms with Gasteiger partial charge in [0.25, 0.3) is 0 Å². The molecule has 5 nitrogen and oxygen atoms in total. The van der Waals surface area contributed by atoms with Crippen molar-refractivity contribution < 1.29 is 9.59 Å². The number of carbonyl (C=O) groups excluding carboxylic acids is 2. The molecule has 2 amide bonds. The van der Waals surface area contributed by atoms with Crippen LogP contribution in [0.15, 0.2) is 35.4 Å². The minimum Gasteiger partial charge on any atom is -0.346 e. The SMILES string of the molecule is CC/C(=N/NC(=O)C(=O)NC(C)C)c1ccccc1. The molecule has 1 aromatic carbocycles. The van der Waals surface area contributed by atoms with Gasteiger partial charge in [-0.25, -0.2) is 5.43 Å². The Balaban J connectivity index is 2.68. The van der Waals surface area contributed by atoms with Crippen molar-refractivity contribution >= 4 is 17.5 Å². The summed E-state index contributed by atoms with van der Waals surface area (Å²) in [6, 6.07) is 9.43. The Hall–Kier alpha value is -2.17. The van der Waals surface area contributed by atoms with Crippen LogP contribution in [-0.4, -0.2) is 23.6 Å². The molecule has 1 rings (SSSR count). The van der Waals surface area contributed by atoms with E-state index in [9.17, 15) is 9.59 Å². The van der Waals surface area contributed by atoms with Crippen molar-refractivity contribution in [2.24, 2.45) is 5.10 Å². The Kier molecular flexibility index (Phi) is 5.73. The summed E-state index contributed by atoms with van der Waals surface area (Å²) in [7, 11) is 0. The minimum absolute atomic E-state index is 0.0815. The van der Waals surface area contributed by atoms with Crippen molar-refractivity contribution in [3.63, 3.8) is 0 Å². The molecule has 2 N–H and O–H groups in total. The van der Waals surface area contributed by atoms with Gasteiger partial charge in [0.15, 0.2) is 0 Å². The minimum atomic E-state index is -0.754. The number of rotatable bonds is 4. The number of carbonyl (C=O) groups is 2. The maximum absolute atomic E-state index is 11.5. The Morgan fingerprint density at radius 2 is 1.79 bits per heavy atom. The number of nitrogens with zero attached hydrogens (tertiary/aromatic N) is 1. The summed E-state index contributed by atoms with van der Waals surface area (Å²) in [5, 5.41) is 6.50. The van der Waals surface area contributed by atoms with Gasteiger partial charge in [0, 0.05) is 6.04 Å². The van der Waals surface area contributed by atoms with Crippen LogP contribution in [-0.2, 0) is 9.59 Å². The lowest BCUT2D eigenvalue weighted by molar-refractivity contribution is -0.139. The van der Waals surface area contributed by atoms with Crippen molar-refractivity contribution in [3.05, 3.63) is 35.9 Å². The first-order valence-electron chi connectivity index (χ1n) is 6.27. The number of nitrogens with one attached hydrogen (secondary N) is 2. The molecular formula is C14H19N3O2. The van der Waals surface area contributed by atoms with Crippen molar-refractivity contribution in [3.8, 4) is 0 Å². The van der Waals surface area contributed by atoms with Crippen LogP contribution in [0.5, 0.6) is 0 Å². The highest BCUT2D eigenvalue weighted by molar-refractivity contribution is 6.35. The maximum Gasteiger partial charge on any atom is 0.329 e. The normalized spacial score (nSPS) is 11.3. The van der Waals surface area contributed by atoms with Crippen molar-refractivity contribution in [2.75, 3.05) is 0 Å². The monoisotopic (exact) mass is 261 g/mol. The first kappa shape index (κ1) is 14.9. The predicted octanol–water partition coefficient (Wildman–Crippen LogP) is 1.44. The smallest absolute Gasteiger partial charge is 0.329 e. The summed E-state index contributed by atoms with van der Waals surface area (Å²) in [6.07, 6.45) is 0.663. The molecule has 19 heavy (non-hydrogen) atoms. The van der Waals surface area contributed by atoms with Crippen LogP contribution in [0.25, 0.3) is 0 Å². The Labute approximate surface area is 113 Å². The van der Waals surface area contributed by atoms with E-state index in [4.69, 9.17) is 0 Å². The highest BCUT2D eigenvalue weighted by Gasteiger charge is 2.13. The number of hydrogen-bond donors (Lipinski definition) is 2. The summed E-state index contributed by atoms with van der Waals surface area (Å²) < 4.78 is 0. The summed E-state index contributed by atoms with van der Waals surface area (Å²) in [4.78, 5) is 22.9. The van der Waals surface area contributed by atoms with Gasteiger partial charge in [-0.3, -0.25) is 9.59 Å². The zero-order valence-electron chi connectivity index (χ0n) is 11.4.